The number of ketones is 1. The Bertz CT molecular complexity index is 341. The lowest BCUT2D eigenvalue weighted by molar-refractivity contribution is -0.496. The number of carbonyl (C=O) groups is 2. The summed E-state index contributed by atoms with van der Waals surface area (Å²) in [5.74, 6) is -2.26. The average molecular weight is 183 g/mol. The van der Waals surface area contributed by atoms with E-state index in [0.29, 0.717) is 0 Å². The summed E-state index contributed by atoms with van der Waals surface area (Å²) in [4.78, 5) is 30.8. The lowest BCUT2D eigenvalue weighted by atomic mass is 9.99. The van der Waals surface area contributed by atoms with Crippen LogP contribution in [0.3, 0.4) is 0 Å². The van der Waals surface area contributed by atoms with Crippen LogP contribution < -0.4 is 0 Å². The molecule has 1 rings (SSSR count). The van der Waals surface area contributed by atoms with Gasteiger partial charge in [0.2, 0.25) is 5.78 Å². The third-order valence-corrected chi connectivity index (χ3v) is 1.56. The van der Waals surface area contributed by atoms with Gasteiger partial charge in [-0.05, 0) is 12.2 Å². The van der Waals surface area contributed by atoms with Gasteiger partial charge in [0.05, 0.1) is 0 Å². The highest BCUT2D eigenvalue weighted by atomic mass is 16.6. The summed E-state index contributed by atoms with van der Waals surface area (Å²) < 4.78 is 0. The van der Waals surface area contributed by atoms with Crippen LogP contribution in [0.1, 0.15) is 0 Å². The van der Waals surface area contributed by atoms with Crippen LogP contribution in [0.25, 0.3) is 0 Å². The zero-order valence-corrected chi connectivity index (χ0v) is 6.34. The molecule has 0 radical (unpaired) electrons. The third kappa shape index (κ3) is 1.61. The molecule has 0 spiro atoms. The first kappa shape index (κ1) is 9.11. The fourth-order valence-corrected chi connectivity index (χ4v) is 0.988. The molecule has 1 N–H and O–H groups in total. The van der Waals surface area contributed by atoms with Crippen molar-refractivity contribution in [2.24, 2.45) is 0 Å². The van der Waals surface area contributed by atoms with Crippen molar-refractivity contribution in [1.29, 1.82) is 0 Å². The summed E-state index contributed by atoms with van der Waals surface area (Å²) in [5, 5.41) is 18.8. The number of aliphatic carboxylic acids is 1. The lowest BCUT2D eigenvalue weighted by Gasteiger charge is -2.08. The number of carboxylic acid groups (broad SMARTS) is 1. The van der Waals surface area contributed by atoms with Gasteiger partial charge in [-0.1, -0.05) is 6.08 Å². The first-order valence-corrected chi connectivity index (χ1v) is 3.33. The SMILES string of the molecule is O=C(O)C1=CC=CC(=O)C1[N+](=O)[O-]. The highest BCUT2D eigenvalue weighted by Gasteiger charge is 2.37. The molecule has 0 aliphatic heterocycles. The van der Waals surface area contributed by atoms with E-state index in [9.17, 15) is 19.7 Å². The standard InChI is InChI=1S/C7H5NO5/c9-5-3-1-2-4(7(10)11)6(5)8(12)13/h1-3,6H,(H,10,11). The number of nitro groups is 1. The van der Waals surface area contributed by atoms with Crippen LogP contribution in [0.2, 0.25) is 0 Å². The number of carboxylic acids is 1. The third-order valence-electron chi connectivity index (χ3n) is 1.56. The Kier molecular flexibility index (Phi) is 2.23. The van der Waals surface area contributed by atoms with E-state index in [1.807, 2.05) is 0 Å². The molecule has 0 aromatic heterocycles. The maximum absolute atomic E-state index is 10.9. The molecule has 0 saturated carbocycles. The van der Waals surface area contributed by atoms with Gasteiger partial charge in [0.1, 0.15) is 5.57 Å². The molecule has 1 unspecified atom stereocenters. The van der Waals surface area contributed by atoms with E-state index < -0.39 is 28.3 Å². The van der Waals surface area contributed by atoms with Crippen molar-refractivity contribution in [3.8, 4) is 0 Å². The smallest absolute Gasteiger partial charge is 0.339 e. The summed E-state index contributed by atoms with van der Waals surface area (Å²) >= 11 is 0. The van der Waals surface area contributed by atoms with Gasteiger partial charge in [0, 0.05) is 4.92 Å². The molecule has 0 heterocycles. The first-order chi connectivity index (χ1) is 6.04. The summed E-state index contributed by atoms with van der Waals surface area (Å²) in [5.41, 5.74) is -0.502. The van der Waals surface area contributed by atoms with Crippen LogP contribution in [0.5, 0.6) is 0 Å². The second-order valence-electron chi connectivity index (χ2n) is 2.38. The van der Waals surface area contributed by atoms with Crippen molar-refractivity contribution in [2.45, 2.75) is 6.04 Å². The van der Waals surface area contributed by atoms with Crippen molar-refractivity contribution < 1.29 is 19.6 Å². The van der Waals surface area contributed by atoms with Gasteiger partial charge in [-0.2, -0.15) is 0 Å². The van der Waals surface area contributed by atoms with Crippen molar-refractivity contribution in [2.75, 3.05) is 0 Å². The molecule has 0 fully saturated rings. The molecule has 0 saturated heterocycles. The van der Waals surface area contributed by atoms with Gasteiger partial charge >= 0.3 is 12.0 Å². The van der Waals surface area contributed by atoms with Gasteiger partial charge in [-0.3, -0.25) is 14.9 Å². The number of hydrogen-bond acceptors (Lipinski definition) is 4. The zero-order valence-electron chi connectivity index (χ0n) is 6.34. The van der Waals surface area contributed by atoms with Crippen molar-refractivity contribution in [3.05, 3.63) is 33.9 Å². The molecule has 1 aliphatic carbocycles. The molecule has 6 nitrogen and oxygen atoms in total. The van der Waals surface area contributed by atoms with Crippen molar-refractivity contribution in [1.82, 2.24) is 0 Å². The summed E-state index contributed by atoms with van der Waals surface area (Å²) in [6.07, 6.45) is 3.23. The highest BCUT2D eigenvalue weighted by molar-refractivity contribution is 6.05. The predicted molar refractivity (Wildman–Crippen MR) is 40.6 cm³/mol. The van der Waals surface area contributed by atoms with Gasteiger partial charge < -0.3 is 5.11 Å². The van der Waals surface area contributed by atoms with Crippen molar-refractivity contribution >= 4 is 11.8 Å². The van der Waals surface area contributed by atoms with Crippen LogP contribution in [-0.4, -0.2) is 27.8 Å². The Morgan fingerprint density at radius 2 is 2.23 bits per heavy atom. The van der Waals surface area contributed by atoms with Crippen LogP contribution in [0.4, 0.5) is 0 Å². The van der Waals surface area contributed by atoms with Gasteiger partial charge in [-0.25, -0.2) is 4.79 Å². The Hall–Kier alpha value is -1.98. The quantitative estimate of drug-likeness (QED) is 0.471. The van der Waals surface area contributed by atoms with E-state index >= 15 is 0 Å². The molecular formula is C7H5NO5. The number of carbonyl (C=O) groups excluding carboxylic acids is 1. The van der Waals surface area contributed by atoms with Gasteiger partial charge in [0.25, 0.3) is 0 Å². The Morgan fingerprint density at radius 1 is 1.62 bits per heavy atom. The molecular weight excluding hydrogens is 178 g/mol. The summed E-state index contributed by atoms with van der Waals surface area (Å²) in [6, 6.07) is -1.76. The van der Waals surface area contributed by atoms with Gasteiger partial charge in [-0.15, -0.1) is 0 Å². The largest absolute Gasteiger partial charge is 0.478 e. The monoisotopic (exact) mass is 183 g/mol. The van der Waals surface area contributed by atoms with E-state index in [1.54, 1.807) is 0 Å². The molecule has 1 atom stereocenters. The molecule has 0 amide bonds. The number of nitrogens with zero attached hydrogens (tertiary/aromatic N) is 1. The van der Waals surface area contributed by atoms with Crippen LogP contribution in [0.15, 0.2) is 23.8 Å². The fraction of sp³-hybridized carbons (Fsp3) is 0.143. The Morgan fingerprint density at radius 3 is 2.62 bits per heavy atom. The minimum Gasteiger partial charge on any atom is -0.478 e. The van der Waals surface area contributed by atoms with Crippen LogP contribution >= 0.6 is 0 Å². The highest BCUT2D eigenvalue weighted by Crippen LogP contribution is 2.13. The Labute approximate surface area is 72.3 Å². The predicted octanol–water partition coefficient (Wildman–Crippen LogP) is -0.218. The average Bonchev–Trinajstić information content (AvgIpc) is 2.02. The van der Waals surface area contributed by atoms with E-state index in [0.717, 1.165) is 12.2 Å². The van der Waals surface area contributed by atoms with E-state index in [4.69, 9.17) is 5.11 Å². The summed E-state index contributed by atoms with van der Waals surface area (Å²) in [7, 11) is 0. The number of allylic oxidation sites excluding steroid dienone is 2. The Balaban J connectivity index is 3.10. The number of rotatable bonds is 2. The van der Waals surface area contributed by atoms with E-state index in [-0.39, 0.29) is 0 Å². The first-order valence-electron chi connectivity index (χ1n) is 3.33. The molecule has 6 heteroatoms. The van der Waals surface area contributed by atoms with Crippen LogP contribution in [0, 0.1) is 10.1 Å². The second kappa shape index (κ2) is 3.18. The number of hydrogen-bond donors (Lipinski definition) is 1. The second-order valence-corrected chi connectivity index (χ2v) is 2.38. The summed E-state index contributed by atoms with van der Waals surface area (Å²) in [6.45, 7) is 0. The zero-order chi connectivity index (χ0) is 10.0. The van der Waals surface area contributed by atoms with Gasteiger partial charge in [0.15, 0.2) is 0 Å². The van der Waals surface area contributed by atoms with Crippen molar-refractivity contribution in [3.63, 3.8) is 0 Å². The van der Waals surface area contributed by atoms with Crippen LogP contribution in [-0.2, 0) is 9.59 Å². The fourth-order valence-electron chi connectivity index (χ4n) is 0.988. The van der Waals surface area contributed by atoms with E-state index in [1.165, 1.54) is 6.08 Å². The molecule has 68 valence electrons. The maximum atomic E-state index is 10.9. The topological polar surface area (TPSA) is 97.5 Å². The molecule has 1 aliphatic rings. The molecule has 0 aromatic carbocycles. The molecule has 0 aromatic rings. The normalized spacial score (nSPS) is 21.1. The minimum atomic E-state index is -1.76. The minimum absolute atomic E-state index is 0.502. The van der Waals surface area contributed by atoms with E-state index in [2.05, 4.69) is 0 Å². The maximum Gasteiger partial charge on any atom is 0.339 e. The molecule has 13 heavy (non-hydrogen) atoms. The molecule has 0 bridgehead atoms. The lowest BCUT2D eigenvalue weighted by Crippen LogP contribution is -2.34.